The lowest BCUT2D eigenvalue weighted by Crippen LogP contribution is -2.68. The van der Waals surface area contributed by atoms with Gasteiger partial charge in [-0.2, -0.15) is 0 Å². The number of hydrogen-bond acceptors (Lipinski definition) is 0. The Kier molecular flexibility index (Phi) is 8.40. The molecule has 7 aromatic rings. The predicted octanol–water partition coefficient (Wildman–Crippen LogP) is 10.5. The van der Waals surface area contributed by atoms with Crippen molar-refractivity contribution in [2.24, 2.45) is 0 Å². The molecule has 8 rings (SSSR count). The van der Waals surface area contributed by atoms with E-state index in [2.05, 4.69) is 206 Å². The topological polar surface area (TPSA) is 2.70 Å². The molecule has 7 aromatic carbocycles. The lowest BCUT2D eigenvalue weighted by molar-refractivity contribution is 0.0582. The third-order valence-corrected chi connectivity index (χ3v) is 10.4. The molecule has 0 aromatic heterocycles. The lowest BCUT2D eigenvalue weighted by atomic mass is 9.25. The van der Waals surface area contributed by atoms with Crippen LogP contribution < -0.4 is 10.9 Å². The summed E-state index contributed by atoms with van der Waals surface area (Å²) >= 11 is 0. The van der Waals surface area contributed by atoms with Gasteiger partial charge in [-0.1, -0.05) is 205 Å². The van der Waals surface area contributed by atoms with Gasteiger partial charge in [0.15, 0.2) is 0 Å². The first-order valence-corrected chi connectivity index (χ1v) is 17.3. The summed E-state index contributed by atoms with van der Waals surface area (Å²) in [5.74, 6) is 0. The Morgan fingerprint density at radius 1 is 0.347 bits per heavy atom. The van der Waals surface area contributed by atoms with Gasteiger partial charge in [0.25, 0.3) is 0 Å². The minimum absolute atomic E-state index is 0.872. The molecule has 0 spiro atoms. The quantitative estimate of drug-likeness (QED) is 0.122. The highest BCUT2D eigenvalue weighted by Crippen LogP contribution is 2.43. The fourth-order valence-electron chi connectivity index (χ4n) is 7.99. The van der Waals surface area contributed by atoms with Crippen molar-refractivity contribution in [1.82, 2.24) is 0 Å². The molecule has 236 valence electrons. The van der Waals surface area contributed by atoms with Crippen molar-refractivity contribution in [2.75, 3.05) is 13.7 Å². The average molecular weight is 631 g/mol. The molecule has 0 amide bonds. The van der Waals surface area contributed by atoms with Gasteiger partial charge in [0.1, 0.15) is 6.61 Å². The summed E-state index contributed by atoms with van der Waals surface area (Å²) in [6, 6.07) is 70.9. The maximum absolute atomic E-state index is 3.75. The van der Waals surface area contributed by atoms with Crippen LogP contribution in [0.5, 0.6) is 0 Å². The third kappa shape index (κ3) is 5.75. The third-order valence-electron chi connectivity index (χ3n) is 10.4. The first-order chi connectivity index (χ1) is 24.2. The van der Waals surface area contributed by atoms with Gasteiger partial charge in [-0.3, -0.25) is 0 Å². The summed E-state index contributed by atoms with van der Waals surface area (Å²) in [5.41, 5.74) is 15.2. The van der Waals surface area contributed by atoms with Gasteiger partial charge in [-0.15, -0.1) is 16.4 Å². The van der Waals surface area contributed by atoms with Crippen LogP contribution in [-0.2, 0) is 4.28 Å². The highest BCUT2D eigenvalue weighted by Gasteiger charge is 2.49. The zero-order valence-electron chi connectivity index (χ0n) is 27.9. The minimum atomic E-state index is -1.63. The van der Waals surface area contributed by atoms with Crippen molar-refractivity contribution in [3.05, 3.63) is 205 Å². The van der Waals surface area contributed by atoms with Crippen LogP contribution in [0.1, 0.15) is 17.5 Å². The van der Waals surface area contributed by atoms with Crippen LogP contribution in [0.2, 0.25) is 0 Å². The highest BCUT2D eigenvalue weighted by atomic mass is 16.6. The van der Waals surface area contributed by atoms with Crippen LogP contribution in [-0.4, -0.2) is 20.1 Å². The molecule has 1 aliphatic heterocycles. The average Bonchev–Trinajstić information content (AvgIpc) is 3.19. The standard InChI is InChI=1S/C47H39BO/c1-49-35-34-46(42-20-12-5-13-21-42)47(43-24-22-39(23-25-43)36-14-6-2-7-15-36)48(49,44-30-26-40(27-31-44)37-16-8-3-9-17-37)45-32-28-41(29-33-45)38-18-10-4-11-19-38/h2-33H,34-35H2,1H3. The molecular formula is C47H39BO. The molecule has 0 fully saturated rings. The molecule has 0 atom stereocenters. The summed E-state index contributed by atoms with van der Waals surface area (Å²) in [5, 5.41) is 0. The first kappa shape index (κ1) is 30.6. The van der Waals surface area contributed by atoms with Gasteiger partial charge in [-0.05, 0) is 38.9 Å². The molecule has 2 heteroatoms. The maximum Gasteiger partial charge on any atom is 0.377 e. The second-order valence-electron chi connectivity index (χ2n) is 13.1. The summed E-state index contributed by atoms with van der Waals surface area (Å²) in [6.45, 7) is 0.872. The van der Waals surface area contributed by atoms with Crippen molar-refractivity contribution < 1.29 is 4.28 Å². The summed E-state index contributed by atoms with van der Waals surface area (Å²) in [6.07, 6.45) is -0.695. The Morgan fingerprint density at radius 2 is 0.653 bits per heavy atom. The molecule has 1 heterocycles. The van der Waals surface area contributed by atoms with Crippen LogP contribution in [0.25, 0.3) is 44.4 Å². The molecule has 0 aliphatic carbocycles. The van der Waals surface area contributed by atoms with Gasteiger partial charge in [0.2, 0.25) is 0 Å². The number of hydrogen-bond donors (Lipinski definition) is 0. The van der Waals surface area contributed by atoms with Crippen LogP contribution >= 0.6 is 0 Å². The Morgan fingerprint density at radius 3 is 1.04 bits per heavy atom. The summed E-state index contributed by atoms with van der Waals surface area (Å²) in [7, 11) is 2.25. The molecule has 0 unspecified atom stereocenters. The molecular weight excluding hydrogens is 591 g/mol. The highest BCUT2D eigenvalue weighted by molar-refractivity contribution is 7.12. The van der Waals surface area contributed by atoms with E-state index >= 15 is 0 Å². The van der Waals surface area contributed by atoms with Crippen molar-refractivity contribution in [3.8, 4) is 33.4 Å². The van der Waals surface area contributed by atoms with E-state index in [4.69, 9.17) is 0 Å². The minimum Gasteiger partial charge on any atom is -0.662 e. The van der Waals surface area contributed by atoms with Crippen LogP contribution in [0.4, 0.5) is 0 Å². The Bertz CT molecular complexity index is 2090. The van der Waals surface area contributed by atoms with Gasteiger partial charge in [0, 0.05) is 6.42 Å². The molecule has 1 aliphatic rings. The van der Waals surface area contributed by atoms with Gasteiger partial charge in [0.05, 0.1) is 7.11 Å². The predicted molar refractivity (Wildman–Crippen MR) is 210 cm³/mol. The Labute approximate surface area is 290 Å². The van der Waals surface area contributed by atoms with E-state index in [1.165, 1.54) is 66.5 Å². The fraction of sp³-hybridized carbons (Fsp3) is 0.0638. The van der Waals surface area contributed by atoms with Crippen LogP contribution in [0.15, 0.2) is 194 Å². The first-order valence-electron chi connectivity index (χ1n) is 17.3. The van der Waals surface area contributed by atoms with E-state index in [0.29, 0.717) is 0 Å². The van der Waals surface area contributed by atoms with Crippen molar-refractivity contribution in [1.29, 1.82) is 0 Å². The molecule has 0 saturated carbocycles. The van der Waals surface area contributed by atoms with E-state index in [-0.39, 0.29) is 0 Å². The second-order valence-corrected chi connectivity index (χ2v) is 13.1. The van der Waals surface area contributed by atoms with Crippen LogP contribution in [0, 0.1) is 0 Å². The van der Waals surface area contributed by atoms with Gasteiger partial charge >= 0.3 is 6.35 Å². The smallest absolute Gasteiger partial charge is 0.377 e. The van der Waals surface area contributed by atoms with E-state index in [9.17, 15) is 0 Å². The Balaban J connectivity index is 1.38. The second kappa shape index (κ2) is 13.4. The summed E-state index contributed by atoms with van der Waals surface area (Å²) in [4.78, 5) is 0. The van der Waals surface area contributed by atoms with Crippen molar-refractivity contribution in [3.63, 3.8) is 0 Å². The number of benzene rings is 7. The zero-order chi connectivity index (χ0) is 33.0. The van der Waals surface area contributed by atoms with E-state index < -0.39 is 6.35 Å². The van der Waals surface area contributed by atoms with E-state index in [0.717, 1.165) is 13.0 Å². The monoisotopic (exact) mass is 630 g/mol. The SMILES string of the molecule is C[O+]1CCC(c2ccccc2)=C(c2ccc(-c3ccccc3)cc2)[B-]1(c1ccc(-c2ccccc2)cc1)c1ccc(-c2ccccc2)cc1. The number of rotatable bonds is 7. The zero-order valence-corrected chi connectivity index (χ0v) is 27.9. The van der Waals surface area contributed by atoms with Gasteiger partial charge in [-0.25, -0.2) is 0 Å². The molecule has 0 radical (unpaired) electrons. The molecule has 0 bridgehead atoms. The van der Waals surface area contributed by atoms with Crippen LogP contribution in [0.3, 0.4) is 0 Å². The molecule has 49 heavy (non-hydrogen) atoms. The largest absolute Gasteiger partial charge is 0.662 e. The van der Waals surface area contributed by atoms with E-state index in [1.807, 2.05) is 0 Å². The van der Waals surface area contributed by atoms with E-state index in [1.54, 1.807) is 0 Å². The van der Waals surface area contributed by atoms with Crippen molar-refractivity contribution in [2.45, 2.75) is 6.42 Å². The van der Waals surface area contributed by atoms with Gasteiger partial charge < -0.3 is 4.28 Å². The Hall–Kier alpha value is -5.70. The lowest BCUT2D eigenvalue weighted by Gasteiger charge is -2.52. The molecule has 0 N–H and O–H groups in total. The molecule has 1 nitrogen and oxygen atoms in total. The normalized spacial score (nSPS) is 14.5. The summed E-state index contributed by atoms with van der Waals surface area (Å²) < 4.78 is 3.75. The van der Waals surface area contributed by atoms with Crippen molar-refractivity contribution >= 4 is 28.3 Å². The fourth-order valence-corrected chi connectivity index (χ4v) is 7.99. The maximum atomic E-state index is 3.75. The molecule has 0 saturated heterocycles.